The summed E-state index contributed by atoms with van der Waals surface area (Å²) < 4.78 is 30.8. The molecule has 0 fully saturated rings. The molecule has 0 saturated carbocycles. The minimum absolute atomic E-state index is 0.260. The molecular formula is C6H12N4O3S. The molecule has 0 aliphatic heterocycles. The smallest absolute Gasteiger partial charge is 0.302 e. The molecule has 0 atom stereocenters. The quantitative estimate of drug-likeness (QED) is 0.725. The largest absolute Gasteiger partial charge is 0.480 e. The highest BCUT2D eigenvalue weighted by molar-refractivity contribution is 7.90. The van der Waals surface area contributed by atoms with Crippen molar-refractivity contribution in [3.63, 3.8) is 0 Å². The number of hydrogen-bond donors (Lipinski definition) is 2. The third-order valence-corrected chi connectivity index (χ3v) is 2.92. The van der Waals surface area contributed by atoms with Crippen LogP contribution in [-0.2, 0) is 10.2 Å². The van der Waals surface area contributed by atoms with Crippen LogP contribution in [0.5, 0.6) is 5.88 Å². The Kier molecular flexibility index (Phi) is 2.96. The number of aromatic amines is 1. The second kappa shape index (κ2) is 3.84. The Labute approximate surface area is 82.2 Å². The van der Waals surface area contributed by atoms with Crippen LogP contribution in [0.15, 0.2) is 6.07 Å². The number of nitrogens with one attached hydrogen (secondary N) is 2. The number of H-pyrrole nitrogens is 1. The predicted octanol–water partition coefficient (Wildman–Crippen LogP) is -0.363. The fourth-order valence-corrected chi connectivity index (χ4v) is 1.26. The van der Waals surface area contributed by atoms with E-state index in [4.69, 9.17) is 4.74 Å². The van der Waals surface area contributed by atoms with Gasteiger partial charge in [-0.05, 0) is 0 Å². The van der Waals surface area contributed by atoms with E-state index in [0.29, 0.717) is 5.88 Å². The number of methoxy groups -OCH3 is 1. The molecule has 0 bridgehead atoms. The lowest BCUT2D eigenvalue weighted by molar-refractivity contribution is 0.397. The molecule has 0 amide bonds. The molecule has 14 heavy (non-hydrogen) atoms. The van der Waals surface area contributed by atoms with Crippen molar-refractivity contribution in [2.24, 2.45) is 0 Å². The van der Waals surface area contributed by atoms with Gasteiger partial charge in [0.05, 0.1) is 7.11 Å². The number of hydrogen-bond acceptors (Lipinski definition) is 4. The third kappa shape index (κ3) is 2.36. The Morgan fingerprint density at radius 1 is 1.57 bits per heavy atom. The van der Waals surface area contributed by atoms with Gasteiger partial charge in [-0.25, -0.2) is 0 Å². The zero-order valence-electron chi connectivity index (χ0n) is 8.10. The van der Waals surface area contributed by atoms with Crippen LogP contribution in [0.4, 0.5) is 5.82 Å². The van der Waals surface area contributed by atoms with E-state index < -0.39 is 10.2 Å². The topological polar surface area (TPSA) is 87.3 Å². The van der Waals surface area contributed by atoms with Gasteiger partial charge in [-0.15, -0.1) is 5.10 Å². The molecule has 1 rings (SSSR count). The minimum Gasteiger partial charge on any atom is -0.480 e. The van der Waals surface area contributed by atoms with Gasteiger partial charge in [0.2, 0.25) is 5.88 Å². The Bertz CT molecular complexity index is 397. The normalized spacial score (nSPS) is 11.7. The van der Waals surface area contributed by atoms with Gasteiger partial charge in [0.1, 0.15) is 5.82 Å². The van der Waals surface area contributed by atoms with Gasteiger partial charge < -0.3 is 4.74 Å². The molecule has 1 aromatic rings. The van der Waals surface area contributed by atoms with Gasteiger partial charge in [-0.2, -0.15) is 12.7 Å². The van der Waals surface area contributed by atoms with Crippen molar-refractivity contribution in [2.45, 2.75) is 0 Å². The maximum Gasteiger partial charge on any atom is 0.302 e. The number of nitrogens with zero attached hydrogens (tertiary/aromatic N) is 2. The van der Waals surface area contributed by atoms with Crippen LogP contribution in [0.2, 0.25) is 0 Å². The second-order valence-electron chi connectivity index (χ2n) is 2.71. The average Bonchev–Trinajstić information content (AvgIpc) is 2.51. The Balaban J connectivity index is 2.79. The molecule has 1 heterocycles. The van der Waals surface area contributed by atoms with E-state index in [2.05, 4.69) is 14.9 Å². The summed E-state index contributed by atoms with van der Waals surface area (Å²) in [6.45, 7) is 0. The molecule has 1 aromatic heterocycles. The van der Waals surface area contributed by atoms with Gasteiger partial charge in [-0.3, -0.25) is 9.82 Å². The summed E-state index contributed by atoms with van der Waals surface area (Å²) in [5, 5.41) is 6.16. The van der Waals surface area contributed by atoms with Crippen molar-refractivity contribution in [1.29, 1.82) is 0 Å². The molecule has 0 aliphatic rings. The van der Waals surface area contributed by atoms with Gasteiger partial charge >= 0.3 is 10.2 Å². The molecule has 80 valence electrons. The van der Waals surface area contributed by atoms with Crippen LogP contribution in [0.3, 0.4) is 0 Å². The zero-order chi connectivity index (χ0) is 10.8. The fourth-order valence-electron chi connectivity index (χ4n) is 0.690. The number of ether oxygens (including phenoxy) is 1. The van der Waals surface area contributed by atoms with E-state index in [0.717, 1.165) is 4.31 Å². The Morgan fingerprint density at radius 3 is 2.64 bits per heavy atom. The van der Waals surface area contributed by atoms with Crippen LogP contribution >= 0.6 is 0 Å². The second-order valence-corrected chi connectivity index (χ2v) is 4.60. The summed E-state index contributed by atoms with van der Waals surface area (Å²) in [6.07, 6.45) is 0. The number of rotatable bonds is 4. The van der Waals surface area contributed by atoms with Gasteiger partial charge in [-0.1, -0.05) is 0 Å². The summed E-state index contributed by atoms with van der Waals surface area (Å²) in [5.41, 5.74) is 0. The molecule has 0 spiro atoms. The lowest BCUT2D eigenvalue weighted by atomic mass is 10.6. The maximum absolute atomic E-state index is 11.3. The highest BCUT2D eigenvalue weighted by Crippen LogP contribution is 2.13. The summed E-state index contributed by atoms with van der Waals surface area (Å²) in [7, 11) is 0.808. The molecular weight excluding hydrogens is 208 g/mol. The van der Waals surface area contributed by atoms with Crippen molar-refractivity contribution in [1.82, 2.24) is 14.5 Å². The van der Waals surface area contributed by atoms with E-state index in [1.807, 2.05) is 0 Å². The van der Waals surface area contributed by atoms with Crippen LogP contribution in [0.25, 0.3) is 0 Å². The van der Waals surface area contributed by atoms with Crippen LogP contribution in [0.1, 0.15) is 0 Å². The van der Waals surface area contributed by atoms with Gasteiger partial charge in [0.25, 0.3) is 0 Å². The van der Waals surface area contributed by atoms with E-state index in [1.165, 1.54) is 27.3 Å². The highest BCUT2D eigenvalue weighted by Gasteiger charge is 2.14. The first-order valence-corrected chi connectivity index (χ1v) is 5.19. The van der Waals surface area contributed by atoms with Crippen molar-refractivity contribution in [3.8, 4) is 5.88 Å². The first kappa shape index (κ1) is 10.8. The molecule has 0 aliphatic carbocycles. The van der Waals surface area contributed by atoms with Crippen LogP contribution < -0.4 is 9.46 Å². The lowest BCUT2D eigenvalue weighted by Gasteiger charge is -2.10. The molecule has 0 unspecified atom stereocenters. The Morgan fingerprint density at radius 2 is 2.21 bits per heavy atom. The van der Waals surface area contributed by atoms with Crippen LogP contribution in [-0.4, -0.2) is 44.1 Å². The van der Waals surface area contributed by atoms with Gasteiger partial charge in [0, 0.05) is 20.2 Å². The average molecular weight is 220 g/mol. The van der Waals surface area contributed by atoms with Crippen LogP contribution in [0, 0.1) is 0 Å². The van der Waals surface area contributed by atoms with E-state index in [1.54, 1.807) is 0 Å². The summed E-state index contributed by atoms with van der Waals surface area (Å²) >= 11 is 0. The van der Waals surface area contributed by atoms with Gasteiger partial charge in [0.15, 0.2) is 0 Å². The van der Waals surface area contributed by atoms with Crippen molar-refractivity contribution >= 4 is 16.0 Å². The molecule has 0 aromatic carbocycles. The molecule has 7 nitrogen and oxygen atoms in total. The summed E-state index contributed by atoms with van der Waals surface area (Å²) in [6, 6.07) is 1.45. The third-order valence-electron chi connectivity index (χ3n) is 1.48. The fraction of sp³-hybridized carbons (Fsp3) is 0.500. The van der Waals surface area contributed by atoms with Crippen molar-refractivity contribution in [3.05, 3.63) is 6.07 Å². The van der Waals surface area contributed by atoms with E-state index in [9.17, 15) is 8.42 Å². The standard InChI is InChI=1S/C6H12N4O3S/c1-10(2)14(11,12)9-5-4-6(13-3)8-7-5/h4H,1-3H3,(H2,7,8,9). The Hall–Kier alpha value is -1.28. The van der Waals surface area contributed by atoms with E-state index >= 15 is 0 Å². The first-order chi connectivity index (χ1) is 6.45. The monoisotopic (exact) mass is 220 g/mol. The molecule has 8 heteroatoms. The maximum atomic E-state index is 11.3. The highest BCUT2D eigenvalue weighted by atomic mass is 32.2. The predicted molar refractivity (Wildman–Crippen MR) is 51.4 cm³/mol. The van der Waals surface area contributed by atoms with Crippen molar-refractivity contribution in [2.75, 3.05) is 25.9 Å². The zero-order valence-corrected chi connectivity index (χ0v) is 8.92. The van der Waals surface area contributed by atoms with Crippen molar-refractivity contribution < 1.29 is 13.2 Å². The number of aromatic nitrogens is 2. The molecule has 2 N–H and O–H groups in total. The number of anilines is 1. The minimum atomic E-state index is -3.49. The summed E-state index contributed by atoms with van der Waals surface area (Å²) in [4.78, 5) is 0. The first-order valence-electron chi connectivity index (χ1n) is 3.75. The van der Waals surface area contributed by atoms with E-state index in [-0.39, 0.29) is 5.82 Å². The molecule has 0 radical (unpaired) electrons. The molecule has 0 saturated heterocycles. The summed E-state index contributed by atoms with van der Waals surface area (Å²) in [5.74, 6) is 0.581. The SMILES string of the molecule is COc1cc(NS(=O)(=O)N(C)C)[nH]n1. The lowest BCUT2D eigenvalue weighted by Crippen LogP contribution is -2.29.